The summed E-state index contributed by atoms with van der Waals surface area (Å²) in [5, 5.41) is 9.78. The fourth-order valence-corrected chi connectivity index (χ4v) is 1.83. The van der Waals surface area contributed by atoms with Gasteiger partial charge in [-0.3, -0.25) is 0 Å². The van der Waals surface area contributed by atoms with E-state index in [1.165, 1.54) is 6.07 Å². The van der Waals surface area contributed by atoms with Crippen molar-refractivity contribution in [1.29, 1.82) is 0 Å². The molecule has 1 aliphatic rings. The Labute approximate surface area is 86.5 Å². The lowest BCUT2D eigenvalue weighted by atomic mass is 10.0. The molecular weight excluding hydrogens is 202 g/mol. The van der Waals surface area contributed by atoms with Gasteiger partial charge in [-0.2, -0.15) is 0 Å². The van der Waals surface area contributed by atoms with Gasteiger partial charge in [0.15, 0.2) is 0 Å². The van der Waals surface area contributed by atoms with E-state index in [0.717, 1.165) is 18.6 Å². The van der Waals surface area contributed by atoms with Crippen LogP contribution in [-0.4, -0.2) is 17.8 Å². The third-order valence-electron chi connectivity index (χ3n) is 2.61. The number of aliphatic hydroxyl groups excluding tert-OH is 1. The molecule has 2 nitrogen and oxygen atoms in total. The molecule has 1 heterocycles. The van der Waals surface area contributed by atoms with Crippen molar-refractivity contribution in [2.24, 2.45) is 0 Å². The molecular formula is C11H12F2O2. The molecule has 2 atom stereocenters. The lowest BCUT2D eigenvalue weighted by Crippen LogP contribution is -2.19. The minimum absolute atomic E-state index is 0.288. The molecule has 1 aromatic rings. The van der Waals surface area contributed by atoms with Crippen molar-refractivity contribution < 1.29 is 18.6 Å². The van der Waals surface area contributed by atoms with Crippen molar-refractivity contribution in [2.75, 3.05) is 6.61 Å². The summed E-state index contributed by atoms with van der Waals surface area (Å²) in [6.45, 7) is 0.539. The van der Waals surface area contributed by atoms with Gasteiger partial charge in [0.1, 0.15) is 17.7 Å². The van der Waals surface area contributed by atoms with E-state index in [-0.39, 0.29) is 5.56 Å². The molecule has 0 amide bonds. The predicted octanol–water partition coefficient (Wildman–Crippen LogP) is 2.18. The van der Waals surface area contributed by atoms with Crippen LogP contribution in [0.3, 0.4) is 0 Å². The highest BCUT2D eigenvalue weighted by Gasteiger charge is 2.29. The first kappa shape index (κ1) is 10.5. The number of benzene rings is 1. The summed E-state index contributed by atoms with van der Waals surface area (Å²) < 4.78 is 31.8. The Morgan fingerprint density at radius 2 is 2.00 bits per heavy atom. The highest BCUT2D eigenvalue weighted by atomic mass is 19.1. The number of hydrogen-bond donors (Lipinski definition) is 1. The van der Waals surface area contributed by atoms with E-state index >= 15 is 0 Å². The molecule has 1 fully saturated rings. The molecule has 15 heavy (non-hydrogen) atoms. The zero-order chi connectivity index (χ0) is 10.8. The van der Waals surface area contributed by atoms with Crippen LogP contribution in [-0.2, 0) is 4.74 Å². The van der Waals surface area contributed by atoms with Crippen LogP contribution >= 0.6 is 0 Å². The number of halogens is 2. The van der Waals surface area contributed by atoms with Gasteiger partial charge in [0, 0.05) is 6.61 Å². The van der Waals surface area contributed by atoms with Crippen LogP contribution in [0.25, 0.3) is 0 Å². The molecule has 0 radical (unpaired) electrons. The monoisotopic (exact) mass is 214 g/mol. The van der Waals surface area contributed by atoms with E-state index in [1.807, 2.05) is 0 Å². The van der Waals surface area contributed by atoms with Gasteiger partial charge in [0.25, 0.3) is 0 Å². The van der Waals surface area contributed by atoms with E-state index in [2.05, 4.69) is 0 Å². The van der Waals surface area contributed by atoms with Crippen LogP contribution in [0, 0.1) is 11.6 Å². The first-order valence-electron chi connectivity index (χ1n) is 4.93. The maximum Gasteiger partial charge on any atom is 0.132 e. The molecule has 1 aliphatic heterocycles. The fourth-order valence-electron chi connectivity index (χ4n) is 1.83. The minimum Gasteiger partial charge on any atom is -0.385 e. The zero-order valence-electron chi connectivity index (χ0n) is 8.12. The lowest BCUT2D eigenvalue weighted by molar-refractivity contribution is -0.00605. The highest BCUT2D eigenvalue weighted by Crippen LogP contribution is 2.29. The molecule has 1 aromatic carbocycles. The zero-order valence-corrected chi connectivity index (χ0v) is 8.12. The van der Waals surface area contributed by atoms with Gasteiger partial charge >= 0.3 is 0 Å². The molecule has 0 aromatic heterocycles. The lowest BCUT2D eigenvalue weighted by Gasteiger charge is -2.18. The van der Waals surface area contributed by atoms with Crippen molar-refractivity contribution in [3.05, 3.63) is 35.4 Å². The van der Waals surface area contributed by atoms with Gasteiger partial charge in [0.05, 0.1) is 11.7 Å². The number of rotatable bonds is 2. The molecule has 0 spiro atoms. The normalized spacial score (nSPS) is 23.0. The minimum atomic E-state index is -1.21. The van der Waals surface area contributed by atoms with Gasteiger partial charge in [-0.15, -0.1) is 0 Å². The van der Waals surface area contributed by atoms with Crippen LogP contribution in [0.5, 0.6) is 0 Å². The van der Waals surface area contributed by atoms with Gasteiger partial charge in [-0.25, -0.2) is 8.78 Å². The Hall–Kier alpha value is -1.00. The number of hydrogen-bond acceptors (Lipinski definition) is 2. The molecule has 4 heteroatoms. The second-order valence-corrected chi connectivity index (χ2v) is 3.63. The summed E-state index contributed by atoms with van der Waals surface area (Å²) in [6, 6.07) is 3.55. The van der Waals surface area contributed by atoms with Crippen molar-refractivity contribution in [3.63, 3.8) is 0 Å². The molecule has 2 rings (SSSR count). The van der Waals surface area contributed by atoms with E-state index < -0.39 is 23.8 Å². The van der Waals surface area contributed by atoms with E-state index in [1.54, 1.807) is 0 Å². The molecule has 0 aliphatic carbocycles. The molecule has 2 unspecified atom stereocenters. The average molecular weight is 214 g/mol. The highest BCUT2D eigenvalue weighted by molar-refractivity contribution is 5.23. The Kier molecular flexibility index (Phi) is 2.98. The third kappa shape index (κ3) is 2.01. The maximum atomic E-state index is 13.3. The van der Waals surface area contributed by atoms with E-state index in [9.17, 15) is 13.9 Å². The largest absolute Gasteiger partial charge is 0.385 e. The smallest absolute Gasteiger partial charge is 0.132 e. The molecule has 0 saturated carbocycles. The van der Waals surface area contributed by atoms with Crippen molar-refractivity contribution in [1.82, 2.24) is 0 Å². The van der Waals surface area contributed by atoms with Gasteiger partial charge < -0.3 is 9.84 Å². The summed E-state index contributed by atoms with van der Waals surface area (Å²) in [6.07, 6.45) is -0.252. The van der Waals surface area contributed by atoms with Crippen LogP contribution in [0.1, 0.15) is 24.5 Å². The predicted molar refractivity (Wildman–Crippen MR) is 50.3 cm³/mol. The van der Waals surface area contributed by atoms with Crippen LogP contribution in [0.2, 0.25) is 0 Å². The number of ether oxygens (including phenoxy) is 1. The second kappa shape index (κ2) is 4.24. The van der Waals surface area contributed by atoms with Crippen molar-refractivity contribution in [2.45, 2.75) is 25.0 Å². The summed E-state index contributed by atoms with van der Waals surface area (Å²) in [4.78, 5) is 0. The molecule has 0 bridgehead atoms. The Balaban J connectivity index is 2.27. The Bertz CT molecular complexity index is 328. The summed E-state index contributed by atoms with van der Waals surface area (Å²) in [7, 11) is 0. The van der Waals surface area contributed by atoms with Gasteiger partial charge in [0.2, 0.25) is 0 Å². The quantitative estimate of drug-likeness (QED) is 0.817. The Morgan fingerprint density at radius 1 is 1.33 bits per heavy atom. The van der Waals surface area contributed by atoms with Crippen LogP contribution < -0.4 is 0 Å². The summed E-state index contributed by atoms with van der Waals surface area (Å²) >= 11 is 0. The van der Waals surface area contributed by atoms with Crippen LogP contribution in [0.15, 0.2) is 18.2 Å². The van der Waals surface area contributed by atoms with Crippen LogP contribution in [0.4, 0.5) is 8.78 Å². The first-order valence-corrected chi connectivity index (χ1v) is 4.93. The standard InChI is InChI=1S/C11H12F2O2/c12-7-3-1-4-8(13)10(7)11(14)9-5-2-6-15-9/h1,3-4,9,11,14H,2,5-6H2. The topological polar surface area (TPSA) is 29.5 Å². The number of aliphatic hydroxyl groups is 1. The van der Waals surface area contributed by atoms with Gasteiger partial charge in [-0.05, 0) is 25.0 Å². The van der Waals surface area contributed by atoms with E-state index in [0.29, 0.717) is 13.0 Å². The molecule has 1 saturated heterocycles. The van der Waals surface area contributed by atoms with Gasteiger partial charge in [-0.1, -0.05) is 6.07 Å². The second-order valence-electron chi connectivity index (χ2n) is 3.63. The average Bonchev–Trinajstić information content (AvgIpc) is 2.69. The van der Waals surface area contributed by atoms with Crippen molar-refractivity contribution in [3.8, 4) is 0 Å². The molecule has 82 valence electrons. The SMILES string of the molecule is OC(c1c(F)cccc1F)C1CCCO1. The maximum absolute atomic E-state index is 13.3. The summed E-state index contributed by atoms with van der Waals surface area (Å²) in [5.74, 6) is -1.45. The fraction of sp³-hybridized carbons (Fsp3) is 0.455. The third-order valence-corrected chi connectivity index (χ3v) is 2.61. The van der Waals surface area contributed by atoms with Crippen molar-refractivity contribution >= 4 is 0 Å². The summed E-state index contributed by atoms with van der Waals surface area (Å²) in [5.41, 5.74) is -0.288. The van der Waals surface area contributed by atoms with E-state index in [4.69, 9.17) is 4.74 Å². The first-order chi connectivity index (χ1) is 7.20. The molecule has 1 N–H and O–H groups in total. The Morgan fingerprint density at radius 3 is 2.53 bits per heavy atom.